The molecule has 1 aliphatic heterocycles. The first-order valence-corrected chi connectivity index (χ1v) is 7.27. The molecule has 1 saturated heterocycles. The number of halogens is 1. The van der Waals surface area contributed by atoms with Crippen LogP contribution in [0.1, 0.15) is 36.1 Å². The molecule has 8 nitrogen and oxygen atoms in total. The molecule has 22 heavy (non-hydrogen) atoms. The van der Waals surface area contributed by atoms with E-state index in [-0.39, 0.29) is 24.2 Å². The van der Waals surface area contributed by atoms with Gasteiger partial charge in [-0.25, -0.2) is 0 Å². The molecular formula is C13H18ClN7O. The van der Waals surface area contributed by atoms with Crippen LogP contribution in [0.25, 0.3) is 0 Å². The zero-order valence-electron chi connectivity index (χ0n) is 12.0. The number of amides is 1. The molecule has 3 heterocycles. The van der Waals surface area contributed by atoms with E-state index in [0.717, 1.165) is 43.6 Å². The average Bonchev–Trinajstić information content (AvgIpc) is 3.05. The molecule has 1 amide bonds. The molecule has 1 unspecified atom stereocenters. The maximum Gasteiger partial charge on any atom is 0.234 e. The molecular weight excluding hydrogens is 306 g/mol. The van der Waals surface area contributed by atoms with Crippen LogP contribution >= 0.6 is 12.4 Å². The zero-order chi connectivity index (χ0) is 14.2. The maximum atomic E-state index is 12.4. The Hall–Kier alpha value is -1.93. The zero-order valence-corrected chi connectivity index (χ0v) is 12.8. The summed E-state index contributed by atoms with van der Waals surface area (Å²) in [6, 6.07) is 0.296. The minimum absolute atomic E-state index is 0. The minimum atomic E-state index is -0.174. The van der Waals surface area contributed by atoms with Crippen LogP contribution in [0.3, 0.4) is 0 Å². The highest BCUT2D eigenvalue weighted by Crippen LogP contribution is 2.30. The van der Waals surface area contributed by atoms with E-state index < -0.39 is 0 Å². The third-order valence-electron chi connectivity index (χ3n) is 4.20. The van der Waals surface area contributed by atoms with E-state index in [2.05, 4.69) is 31.0 Å². The smallest absolute Gasteiger partial charge is 0.234 e. The Morgan fingerprint density at radius 2 is 2.23 bits per heavy atom. The topological polar surface area (TPSA) is 101 Å². The van der Waals surface area contributed by atoms with Crippen molar-refractivity contribution in [2.45, 2.75) is 31.2 Å². The molecule has 2 aliphatic rings. The highest BCUT2D eigenvalue weighted by atomic mass is 35.5. The number of fused-ring (bicyclic) bond motifs is 1. The third-order valence-corrected chi connectivity index (χ3v) is 4.20. The van der Waals surface area contributed by atoms with Gasteiger partial charge in [0, 0.05) is 13.1 Å². The van der Waals surface area contributed by atoms with Crippen LogP contribution in [0.4, 0.5) is 5.82 Å². The molecule has 9 heteroatoms. The fraction of sp³-hybridized carbons (Fsp3) is 0.538. The summed E-state index contributed by atoms with van der Waals surface area (Å²) in [5.41, 5.74) is 2.08. The fourth-order valence-electron chi connectivity index (χ4n) is 2.88. The summed E-state index contributed by atoms with van der Waals surface area (Å²) in [5.74, 6) is 0.296. The van der Waals surface area contributed by atoms with E-state index in [1.54, 1.807) is 11.0 Å². The van der Waals surface area contributed by atoms with E-state index >= 15 is 0 Å². The number of nitrogens with one attached hydrogen (secondary N) is 3. The molecule has 2 aromatic rings. The lowest BCUT2D eigenvalue weighted by Gasteiger charge is -2.25. The van der Waals surface area contributed by atoms with Gasteiger partial charge in [-0.1, -0.05) is 0 Å². The van der Waals surface area contributed by atoms with E-state index in [9.17, 15) is 4.79 Å². The van der Waals surface area contributed by atoms with Crippen molar-refractivity contribution in [1.82, 2.24) is 30.5 Å². The second-order valence-corrected chi connectivity index (χ2v) is 5.61. The number of aryl methyl sites for hydroxylation is 1. The van der Waals surface area contributed by atoms with Gasteiger partial charge in [0.05, 0.1) is 30.0 Å². The normalized spacial score (nSPS) is 20.6. The Bertz CT molecular complexity index is 663. The van der Waals surface area contributed by atoms with Crippen LogP contribution < -0.4 is 10.6 Å². The van der Waals surface area contributed by atoms with Crippen LogP contribution in [0.2, 0.25) is 0 Å². The number of hydrogen-bond donors (Lipinski definition) is 3. The quantitative estimate of drug-likeness (QED) is 0.769. The number of H-pyrrole nitrogens is 1. The van der Waals surface area contributed by atoms with Crippen LogP contribution in [0, 0.1) is 0 Å². The lowest BCUT2D eigenvalue weighted by atomic mass is 9.87. The number of carbonyl (C=O) groups is 1. The molecule has 1 atom stereocenters. The summed E-state index contributed by atoms with van der Waals surface area (Å²) in [6.07, 6.45) is 6.24. The molecule has 0 aromatic carbocycles. The van der Waals surface area contributed by atoms with Crippen molar-refractivity contribution in [3.63, 3.8) is 0 Å². The average molecular weight is 324 g/mol. The van der Waals surface area contributed by atoms with E-state index in [1.165, 1.54) is 0 Å². The van der Waals surface area contributed by atoms with Gasteiger partial charge in [-0.2, -0.15) is 15.0 Å². The summed E-state index contributed by atoms with van der Waals surface area (Å²) in [4.78, 5) is 14.1. The SMILES string of the molecule is Cl.O=C(Nc1cnn(C2CNC2)n1)C1CCCc2cn[nH]c21. The highest BCUT2D eigenvalue weighted by molar-refractivity contribution is 5.95. The van der Waals surface area contributed by atoms with Crippen molar-refractivity contribution in [2.24, 2.45) is 0 Å². The number of nitrogens with zero attached hydrogens (tertiary/aromatic N) is 4. The Labute approximate surface area is 133 Å². The molecule has 2 aromatic heterocycles. The highest BCUT2D eigenvalue weighted by Gasteiger charge is 2.29. The number of aromatic nitrogens is 5. The van der Waals surface area contributed by atoms with Crippen LogP contribution in [0.15, 0.2) is 12.4 Å². The third kappa shape index (κ3) is 2.59. The Balaban J connectivity index is 0.00000144. The van der Waals surface area contributed by atoms with Crippen LogP contribution in [-0.2, 0) is 11.2 Å². The number of carbonyl (C=O) groups excluding carboxylic acids is 1. The van der Waals surface area contributed by atoms with Gasteiger partial charge >= 0.3 is 0 Å². The van der Waals surface area contributed by atoms with Gasteiger partial charge in [0.1, 0.15) is 0 Å². The second kappa shape index (κ2) is 6.05. The Morgan fingerprint density at radius 3 is 3.00 bits per heavy atom. The molecule has 4 rings (SSSR count). The number of rotatable bonds is 3. The summed E-state index contributed by atoms with van der Waals surface area (Å²) in [5, 5.41) is 21.6. The van der Waals surface area contributed by atoms with Crippen molar-refractivity contribution in [3.05, 3.63) is 23.7 Å². The Morgan fingerprint density at radius 1 is 1.36 bits per heavy atom. The molecule has 3 N–H and O–H groups in total. The van der Waals surface area contributed by atoms with Gasteiger partial charge in [0.15, 0.2) is 5.82 Å². The van der Waals surface area contributed by atoms with Gasteiger partial charge in [0.2, 0.25) is 5.91 Å². The molecule has 0 bridgehead atoms. The van der Waals surface area contributed by atoms with Crippen LogP contribution in [0.5, 0.6) is 0 Å². The fourth-order valence-corrected chi connectivity index (χ4v) is 2.88. The van der Waals surface area contributed by atoms with Gasteiger partial charge in [0.25, 0.3) is 0 Å². The van der Waals surface area contributed by atoms with Crippen molar-refractivity contribution >= 4 is 24.1 Å². The van der Waals surface area contributed by atoms with Crippen molar-refractivity contribution in [1.29, 1.82) is 0 Å². The second-order valence-electron chi connectivity index (χ2n) is 5.61. The first-order chi connectivity index (χ1) is 10.3. The number of anilines is 1. The van der Waals surface area contributed by atoms with Crippen molar-refractivity contribution < 1.29 is 4.79 Å². The summed E-state index contributed by atoms with van der Waals surface area (Å²) >= 11 is 0. The largest absolute Gasteiger partial charge is 0.312 e. The molecule has 1 fully saturated rings. The monoisotopic (exact) mass is 323 g/mol. The van der Waals surface area contributed by atoms with E-state index in [0.29, 0.717) is 11.9 Å². The van der Waals surface area contributed by atoms with Gasteiger partial charge in [-0.3, -0.25) is 9.89 Å². The summed E-state index contributed by atoms with van der Waals surface area (Å²) < 4.78 is 0. The molecule has 0 radical (unpaired) electrons. The maximum absolute atomic E-state index is 12.4. The minimum Gasteiger partial charge on any atom is -0.312 e. The van der Waals surface area contributed by atoms with Crippen molar-refractivity contribution in [2.75, 3.05) is 18.4 Å². The van der Waals surface area contributed by atoms with E-state index in [4.69, 9.17) is 0 Å². The summed E-state index contributed by atoms with van der Waals surface area (Å²) in [7, 11) is 0. The standard InChI is InChI=1S/C13H17N7O.ClH/c21-13(10-3-1-2-8-4-15-18-12(8)10)17-11-7-16-20(19-11)9-5-14-6-9;/h4,7,9-10,14H,1-3,5-6H2,(H,15,18)(H,17,19,21);1H. The van der Waals surface area contributed by atoms with Crippen molar-refractivity contribution in [3.8, 4) is 0 Å². The van der Waals surface area contributed by atoms with Gasteiger partial charge in [-0.15, -0.1) is 17.5 Å². The molecule has 0 saturated carbocycles. The molecule has 118 valence electrons. The molecule has 1 aliphatic carbocycles. The number of aromatic amines is 1. The number of hydrogen-bond acceptors (Lipinski definition) is 5. The predicted octanol–water partition coefficient (Wildman–Crippen LogP) is 0.626. The lowest BCUT2D eigenvalue weighted by molar-refractivity contribution is -0.118. The van der Waals surface area contributed by atoms with Gasteiger partial charge < -0.3 is 10.6 Å². The first-order valence-electron chi connectivity index (χ1n) is 7.27. The van der Waals surface area contributed by atoms with Crippen LogP contribution in [-0.4, -0.2) is 44.2 Å². The molecule has 0 spiro atoms. The van der Waals surface area contributed by atoms with E-state index in [1.807, 2.05) is 6.20 Å². The lowest BCUT2D eigenvalue weighted by Crippen LogP contribution is -2.44. The van der Waals surface area contributed by atoms with Gasteiger partial charge in [-0.05, 0) is 24.8 Å². The summed E-state index contributed by atoms with van der Waals surface area (Å²) in [6.45, 7) is 1.75. The Kier molecular flexibility index (Phi) is 4.12. The predicted molar refractivity (Wildman–Crippen MR) is 82.1 cm³/mol. The first kappa shape index (κ1) is 15.0.